The molecule has 12 heteroatoms. The molecule has 0 aliphatic heterocycles. The van der Waals surface area contributed by atoms with E-state index in [1.54, 1.807) is 18.2 Å². The van der Waals surface area contributed by atoms with Crippen LogP contribution in [0.5, 0.6) is 0 Å². The summed E-state index contributed by atoms with van der Waals surface area (Å²) in [6.45, 7) is 2.93. The van der Waals surface area contributed by atoms with E-state index >= 15 is 0 Å². The minimum atomic E-state index is -4.32. The van der Waals surface area contributed by atoms with Crippen molar-refractivity contribution >= 4 is 50.9 Å². The maximum absolute atomic E-state index is 14.9. The van der Waals surface area contributed by atoms with Crippen LogP contribution in [0.15, 0.2) is 72.8 Å². The van der Waals surface area contributed by atoms with E-state index in [0.717, 1.165) is 15.9 Å². The van der Waals surface area contributed by atoms with Gasteiger partial charge in [-0.15, -0.1) is 0 Å². The second-order valence-electron chi connectivity index (χ2n) is 10.0. The highest BCUT2D eigenvalue weighted by atomic mass is 35.5. The third-order valence-corrected chi connectivity index (χ3v) is 9.29. The minimum Gasteiger partial charge on any atom is -0.352 e. The van der Waals surface area contributed by atoms with E-state index in [9.17, 15) is 22.4 Å². The Labute approximate surface area is 257 Å². The van der Waals surface area contributed by atoms with Crippen molar-refractivity contribution in [2.45, 2.75) is 45.3 Å². The van der Waals surface area contributed by atoms with Crippen LogP contribution >= 0.6 is 23.2 Å². The Bertz CT molecular complexity index is 1490. The number of nitrogens with zero attached hydrogens (tertiary/aromatic N) is 3. The summed E-state index contributed by atoms with van der Waals surface area (Å²) in [6.07, 6.45) is 0.809. The fraction of sp³-hybridized carbons (Fsp3) is 0.333. The van der Waals surface area contributed by atoms with Gasteiger partial charge in [0.2, 0.25) is 11.8 Å². The van der Waals surface area contributed by atoms with Crippen LogP contribution in [0.4, 0.5) is 10.1 Å². The number of benzene rings is 3. The molecule has 0 bridgehead atoms. The lowest BCUT2D eigenvalue weighted by molar-refractivity contribution is -0.140. The van der Waals surface area contributed by atoms with Gasteiger partial charge in [-0.05, 0) is 48.7 Å². The average Bonchev–Trinajstić information content (AvgIpc) is 2.96. The van der Waals surface area contributed by atoms with Crippen molar-refractivity contribution in [3.8, 4) is 0 Å². The van der Waals surface area contributed by atoms with E-state index in [4.69, 9.17) is 23.2 Å². The molecule has 226 valence electrons. The Morgan fingerprint density at radius 1 is 0.929 bits per heavy atom. The van der Waals surface area contributed by atoms with E-state index in [0.29, 0.717) is 21.3 Å². The van der Waals surface area contributed by atoms with Crippen molar-refractivity contribution in [1.82, 2.24) is 14.5 Å². The smallest absolute Gasteiger partial charge is 0.304 e. The monoisotopic (exact) mass is 636 g/mol. The van der Waals surface area contributed by atoms with Gasteiger partial charge in [0, 0.05) is 33.1 Å². The van der Waals surface area contributed by atoms with Crippen LogP contribution < -0.4 is 9.62 Å². The van der Waals surface area contributed by atoms with Crippen LogP contribution in [-0.2, 0) is 32.8 Å². The van der Waals surface area contributed by atoms with Crippen molar-refractivity contribution in [3.05, 3.63) is 99.8 Å². The number of hydrogen-bond acceptors (Lipinski definition) is 4. The van der Waals surface area contributed by atoms with Crippen LogP contribution in [0.1, 0.15) is 31.4 Å². The summed E-state index contributed by atoms with van der Waals surface area (Å²) in [5.74, 6) is -1.94. The molecule has 0 heterocycles. The SMILES string of the molecule is CCC(C)NC(=O)C(Cc1ccccc1)N(Cc1ccc(Cl)c(Cl)c1)C(=O)CN(c1ccccc1F)S(=O)(=O)N(C)C. The number of amides is 2. The van der Waals surface area contributed by atoms with Crippen molar-refractivity contribution in [2.24, 2.45) is 0 Å². The zero-order valence-electron chi connectivity index (χ0n) is 23.9. The molecule has 0 spiro atoms. The fourth-order valence-electron chi connectivity index (χ4n) is 4.19. The molecular formula is C30H35Cl2FN4O4S. The highest BCUT2D eigenvalue weighted by molar-refractivity contribution is 7.90. The molecule has 0 saturated carbocycles. The molecule has 1 N–H and O–H groups in total. The van der Waals surface area contributed by atoms with Gasteiger partial charge in [-0.25, -0.2) is 8.70 Å². The van der Waals surface area contributed by atoms with E-state index in [1.807, 2.05) is 44.2 Å². The van der Waals surface area contributed by atoms with Gasteiger partial charge in [0.15, 0.2) is 0 Å². The molecule has 0 aromatic heterocycles. The molecule has 0 saturated heterocycles. The highest BCUT2D eigenvalue weighted by Gasteiger charge is 2.35. The third kappa shape index (κ3) is 8.44. The van der Waals surface area contributed by atoms with Gasteiger partial charge in [-0.3, -0.25) is 9.59 Å². The standard InChI is InChI=1S/C30H35Cl2FN4O4S/c1-5-21(2)34-30(39)28(18-22-11-7-6-8-12-22)36(19-23-15-16-24(31)25(32)17-23)29(38)20-37(42(40,41)35(3)4)27-14-10-9-13-26(27)33/h6-17,21,28H,5,18-20H2,1-4H3,(H,34,39). The Morgan fingerprint density at radius 3 is 2.17 bits per heavy atom. The van der Waals surface area contributed by atoms with Crippen LogP contribution in [0.25, 0.3) is 0 Å². The summed E-state index contributed by atoms with van der Waals surface area (Å²) in [4.78, 5) is 29.2. The number of halogens is 3. The van der Waals surface area contributed by atoms with Crippen molar-refractivity contribution in [2.75, 3.05) is 24.9 Å². The van der Waals surface area contributed by atoms with E-state index in [2.05, 4.69) is 5.32 Å². The quantitative estimate of drug-likeness (QED) is 0.276. The molecule has 0 fully saturated rings. The second-order valence-corrected chi connectivity index (χ2v) is 12.9. The largest absolute Gasteiger partial charge is 0.352 e. The van der Waals surface area contributed by atoms with Gasteiger partial charge in [0.05, 0.1) is 15.7 Å². The summed E-state index contributed by atoms with van der Waals surface area (Å²) in [5, 5.41) is 3.53. The molecule has 0 radical (unpaired) electrons. The number of nitrogens with one attached hydrogen (secondary N) is 1. The number of carbonyl (C=O) groups excluding carboxylic acids is 2. The number of rotatable bonds is 13. The summed E-state index contributed by atoms with van der Waals surface area (Å²) in [7, 11) is -1.73. The van der Waals surface area contributed by atoms with Crippen molar-refractivity contribution in [1.29, 1.82) is 0 Å². The first-order chi connectivity index (χ1) is 19.8. The van der Waals surface area contributed by atoms with E-state index in [-0.39, 0.29) is 29.7 Å². The lowest BCUT2D eigenvalue weighted by Gasteiger charge is -2.35. The van der Waals surface area contributed by atoms with Crippen LogP contribution in [0.2, 0.25) is 10.0 Å². The lowest BCUT2D eigenvalue weighted by Crippen LogP contribution is -2.55. The first-order valence-electron chi connectivity index (χ1n) is 13.4. The Morgan fingerprint density at radius 2 is 1.57 bits per heavy atom. The number of carbonyl (C=O) groups is 2. The molecule has 0 aliphatic rings. The molecule has 0 aliphatic carbocycles. The van der Waals surface area contributed by atoms with Gasteiger partial charge < -0.3 is 10.2 Å². The van der Waals surface area contributed by atoms with Gasteiger partial charge in [-0.1, -0.05) is 78.7 Å². The van der Waals surface area contributed by atoms with Crippen LogP contribution in [0, 0.1) is 5.82 Å². The molecule has 3 aromatic carbocycles. The van der Waals surface area contributed by atoms with E-state index < -0.39 is 40.4 Å². The maximum Gasteiger partial charge on any atom is 0.304 e. The minimum absolute atomic E-state index is 0.0890. The second kappa shape index (κ2) is 14.8. The van der Waals surface area contributed by atoms with Crippen molar-refractivity contribution < 1.29 is 22.4 Å². The molecule has 42 heavy (non-hydrogen) atoms. The number of hydrogen-bond donors (Lipinski definition) is 1. The molecule has 8 nitrogen and oxygen atoms in total. The number of para-hydroxylation sites is 1. The van der Waals surface area contributed by atoms with Gasteiger partial charge in [0.25, 0.3) is 0 Å². The van der Waals surface area contributed by atoms with Crippen molar-refractivity contribution in [3.63, 3.8) is 0 Å². The first kappa shape index (κ1) is 33.3. The zero-order chi connectivity index (χ0) is 31.0. The molecular weight excluding hydrogens is 602 g/mol. The Balaban J connectivity index is 2.13. The highest BCUT2D eigenvalue weighted by Crippen LogP contribution is 2.26. The third-order valence-electron chi connectivity index (χ3n) is 6.75. The number of anilines is 1. The van der Waals surface area contributed by atoms with Crippen LogP contribution in [-0.4, -0.2) is 62.2 Å². The van der Waals surface area contributed by atoms with E-state index in [1.165, 1.54) is 37.2 Å². The predicted octanol–water partition coefficient (Wildman–Crippen LogP) is 5.30. The topological polar surface area (TPSA) is 90.0 Å². The fourth-order valence-corrected chi connectivity index (χ4v) is 5.57. The lowest BCUT2D eigenvalue weighted by atomic mass is 10.0. The summed E-state index contributed by atoms with van der Waals surface area (Å²) >= 11 is 12.4. The van der Waals surface area contributed by atoms with Crippen LogP contribution in [0.3, 0.4) is 0 Å². The summed E-state index contributed by atoms with van der Waals surface area (Å²) in [5.41, 5.74) is 1.07. The van der Waals surface area contributed by atoms with Gasteiger partial charge in [0.1, 0.15) is 18.4 Å². The zero-order valence-corrected chi connectivity index (χ0v) is 26.3. The van der Waals surface area contributed by atoms with Gasteiger partial charge >= 0.3 is 10.2 Å². The summed E-state index contributed by atoms with van der Waals surface area (Å²) < 4.78 is 43.3. The predicted molar refractivity (Wildman–Crippen MR) is 165 cm³/mol. The maximum atomic E-state index is 14.9. The first-order valence-corrected chi connectivity index (χ1v) is 15.5. The normalized spacial score (nSPS) is 13.0. The molecule has 2 unspecified atom stereocenters. The van der Waals surface area contributed by atoms with Gasteiger partial charge in [-0.2, -0.15) is 12.7 Å². The average molecular weight is 638 g/mol. The molecule has 2 atom stereocenters. The molecule has 3 aromatic rings. The Hall–Kier alpha value is -3.18. The summed E-state index contributed by atoms with van der Waals surface area (Å²) in [6, 6.07) is 18.1. The molecule has 2 amide bonds. The Kier molecular flexibility index (Phi) is 11.8. The molecule has 3 rings (SSSR count).